The van der Waals surface area contributed by atoms with Crippen molar-refractivity contribution < 1.29 is 18.3 Å². The molecule has 1 fully saturated rings. The summed E-state index contributed by atoms with van der Waals surface area (Å²) in [6.45, 7) is 9.41. The van der Waals surface area contributed by atoms with Gasteiger partial charge in [0.2, 0.25) is 0 Å². The third-order valence-corrected chi connectivity index (χ3v) is 3.36. The fourth-order valence-electron chi connectivity index (χ4n) is 2.36. The normalized spacial score (nSPS) is 20.0. The topological polar surface area (TPSA) is 32.8 Å². The first-order valence-corrected chi connectivity index (χ1v) is 7.21. The van der Waals surface area contributed by atoms with Gasteiger partial charge in [0, 0.05) is 25.6 Å². The largest absolute Gasteiger partial charge is 0.444 e. The molecule has 0 bridgehead atoms. The van der Waals surface area contributed by atoms with Crippen LogP contribution in [0, 0.1) is 0 Å². The molecule has 1 rings (SSSR count). The maximum absolute atomic E-state index is 13.6. The average molecular weight is 304 g/mol. The van der Waals surface area contributed by atoms with Crippen LogP contribution in [0.5, 0.6) is 0 Å². The average Bonchev–Trinajstić information content (AvgIpc) is 2.74. The quantitative estimate of drug-likeness (QED) is 0.732. The summed E-state index contributed by atoms with van der Waals surface area (Å²) >= 11 is 0. The molecule has 6 heteroatoms. The summed E-state index contributed by atoms with van der Waals surface area (Å²) in [6.07, 6.45) is 1.20. The molecule has 1 amide bonds. The van der Waals surface area contributed by atoms with Gasteiger partial charge in [-0.25, -0.2) is 13.6 Å². The molecule has 1 saturated heterocycles. The second-order valence-corrected chi connectivity index (χ2v) is 6.63. The molecule has 1 aliphatic rings. The molecule has 1 aliphatic heterocycles. The maximum Gasteiger partial charge on any atom is 0.410 e. The van der Waals surface area contributed by atoms with Crippen LogP contribution in [0.1, 0.15) is 33.6 Å². The monoisotopic (exact) mass is 304 g/mol. The Morgan fingerprint density at radius 3 is 2.62 bits per heavy atom. The fourth-order valence-corrected chi connectivity index (χ4v) is 2.36. The van der Waals surface area contributed by atoms with Gasteiger partial charge in [-0.1, -0.05) is 6.08 Å². The van der Waals surface area contributed by atoms with Crippen LogP contribution in [-0.4, -0.2) is 60.1 Å². The molecular weight excluding hydrogens is 278 g/mol. The van der Waals surface area contributed by atoms with Gasteiger partial charge in [0.05, 0.1) is 6.54 Å². The van der Waals surface area contributed by atoms with E-state index in [-0.39, 0.29) is 25.1 Å². The van der Waals surface area contributed by atoms with E-state index in [9.17, 15) is 13.6 Å². The van der Waals surface area contributed by atoms with Gasteiger partial charge in [-0.05, 0) is 34.2 Å². The number of likely N-dealkylation sites (tertiary alicyclic amines) is 1. The minimum Gasteiger partial charge on any atom is -0.444 e. The molecule has 122 valence electrons. The molecule has 0 aromatic carbocycles. The van der Waals surface area contributed by atoms with Gasteiger partial charge in [0.15, 0.2) is 0 Å². The van der Waals surface area contributed by atoms with Gasteiger partial charge in [-0.3, -0.25) is 4.90 Å². The molecule has 4 nitrogen and oxygen atoms in total. The first kappa shape index (κ1) is 17.9. The lowest BCUT2D eigenvalue weighted by Crippen LogP contribution is -2.43. The van der Waals surface area contributed by atoms with Crippen molar-refractivity contribution in [1.29, 1.82) is 0 Å². The zero-order valence-corrected chi connectivity index (χ0v) is 13.4. The Labute approximate surface area is 125 Å². The van der Waals surface area contributed by atoms with E-state index in [0.717, 1.165) is 0 Å². The Morgan fingerprint density at radius 1 is 1.48 bits per heavy atom. The first-order chi connectivity index (χ1) is 9.54. The number of hydrogen-bond acceptors (Lipinski definition) is 3. The third kappa shape index (κ3) is 5.99. The minimum atomic E-state index is -2.78. The molecule has 0 unspecified atom stereocenters. The highest BCUT2D eigenvalue weighted by Crippen LogP contribution is 2.24. The van der Waals surface area contributed by atoms with E-state index < -0.39 is 11.5 Å². The van der Waals surface area contributed by atoms with Gasteiger partial charge in [-0.2, -0.15) is 0 Å². The molecule has 21 heavy (non-hydrogen) atoms. The van der Waals surface area contributed by atoms with Crippen molar-refractivity contribution in [2.24, 2.45) is 0 Å². The summed E-state index contributed by atoms with van der Waals surface area (Å²) in [7, 11) is 1.67. The van der Waals surface area contributed by atoms with Crippen LogP contribution in [0.4, 0.5) is 13.6 Å². The van der Waals surface area contributed by atoms with Crippen molar-refractivity contribution in [2.75, 3.05) is 26.7 Å². The minimum absolute atomic E-state index is 0.0618. The van der Waals surface area contributed by atoms with Gasteiger partial charge in [-0.15, -0.1) is 6.58 Å². The number of hydrogen-bond donors (Lipinski definition) is 0. The summed E-state index contributed by atoms with van der Waals surface area (Å²) in [4.78, 5) is 15.1. The second kappa shape index (κ2) is 6.73. The maximum atomic E-state index is 13.6. The lowest BCUT2D eigenvalue weighted by atomic mass is 10.2. The predicted octanol–water partition coefficient (Wildman–Crippen LogP) is 3.14. The van der Waals surface area contributed by atoms with Gasteiger partial charge >= 0.3 is 6.09 Å². The van der Waals surface area contributed by atoms with Gasteiger partial charge in [0.1, 0.15) is 5.60 Å². The number of alkyl halides is 2. The number of ether oxygens (including phenoxy) is 1. The first-order valence-electron chi connectivity index (χ1n) is 7.21. The van der Waals surface area contributed by atoms with Crippen molar-refractivity contribution in [3.05, 3.63) is 12.7 Å². The van der Waals surface area contributed by atoms with E-state index in [1.807, 2.05) is 0 Å². The number of allylic oxidation sites excluding steroid dienone is 1. The van der Waals surface area contributed by atoms with Crippen molar-refractivity contribution in [1.82, 2.24) is 9.80 Å². The number of rotatable bonds is 5. The molecule has 0 N–H and O–H groups in total. The zero-order valence-electron chi connectivity index (χ0n) is 13.4. The van der Waals surface area contributed by atoms with E-state index >= 15 is 0 Å². The summed E-state index contributed by atoms with van der Waals surface area (Å²) in [5.74, 6) is -2.78. The lowest BCUT2D eigenvalue weighted by Gasteiger charge is -2.29. The van der Waals surface area contributed by atoms with Crippen LogP contribution < -0.4 is 0 Å². The molecule has 1 atom stereocenters. The lowest BCUT2D eigenvalue weighted by molar-refractivity contribution is -0.0316. The standard InChI is InChI=1S/C15H26F2N2O2/c1-6-8-15(16,17)11-18(5)12-7-9-19(10-12)13(20)21-14(2,3)4/h6,12H,1,7-11H2,2-5H3/t12-/m1/s1. The Morgan fingerprint density at radius 2 is 2.10 bits per heavy atom. The molecule has 0 aromatic heterocycles. The number of nitrogens with zero attached hydrogens (tertiary/aromatic N) is 2. The summed E-state index contributed by atoms with van der Waals surface area (Å²) in [5.41, 5.74) is -0.544. The number of likely N-dealkylation sites (N-methyl/N-ethyl adjacent to an activating group) is 1. The zero-order chi connectivity index (χ0) is 16.3. The highest BCUT2D eigenvalue weighted by Gasteiger charge is 2.36. The Kier molecular flexibility index (Phi) is 5.73. The van der Waals surface area contributed by atoms with E-state index in [1.54, 1.807) is 37.6 Å². The van der Waals surface area contributed by atoms with Crippen molar-refractivity contribution >= 4 is 6.09 Å². The van der Waals surface area contributed by atoms with Crippen LogP contribution in [-0.2, 0) is 4.74 Å². The number of amides is 1. The Balaban J connectivity index is 2.50. The van der Waals surface area contributed by atoms with Crippen LogP contribution in [0.3, 0.4) is 0 Å². The Bertz CT molecular complexity index is 380. The van der Waals surface area contributed by atoms with Gasteiger partial charge < -0.3 is 9.64 Å². The molecular formula is C15H26F2N2O2. The number of halogens is 2. The number of carbonyl (C=O) groups excluding carboxylic acids is 1. The van der Waals surface area contributed by atoms with Crippen molar-refractivity contribution in [3.8, 4) is 0 Å². The predicted molar refractivity (Wildman–Crippen MR) is 78.6 cm³/mol. The highest BCUT2D eigenvalue weighted by molar-refractivity contribution is 5.68. The summed E-state index contributed by atoms with van der Waals surface area (Å²) in [6, 6.07) is -0.0618. The fraction of sp³-hybridized carbons (Fsp3) is 0.800. The summed E-state index contributed by atoms with van der Waals surface area (Å²) in [5, 5.41) is 0. The SMILES string of the molecule is C=CCC(F)(F)CN(C)[C@@H]1CCN(C(=O)OC(C)(C)C)C1. The van der Waals surface area contributed by atoms with Crippen molar-refractivity contribution in [2.45, 2.75) is 51.2 Å². The molecule has 0 saturated carbocycles. The number of carbonyl (C=O) groups is 1. The van der Waals surface area contributed by atoms with Gasteiger partial charge in [0.25, 0.3) is 5.92 Å². The Hall–Kier alpha value is -1.17. The summed E-state index contributed by atoms with van der Waals surface area (Å²) < 4.78 is 32.5. The highest BCUT2D eigenvalue weighted by atomic mass is 19.3. The van der Waals surface area contributed by atoms with Crippen LogP contribution >= 0.6 is 0 Å². The van der Waals surface area contributed by atoms with Crippen LogP contribution in [0.25, 0.3) is 0 Å². The van der Waals surface area contributed by atoms with E-state index in [4.69, 9.17) is 4.74 Å². The second-order valence-electron chi connectivity index (χ2n) is 6.63. The molecule has 0 aromatic rings. The molecule has 1 heterocycles. The third-order valence-electron chi connectivity index (χ3n) is 3.36. The molecule has 0 aliphatic carbocycles. The van der Waals surface area contributed by atoms with Crippen LogP contribution in [0.2, 0.25) is 0 Å². The van der Waals surface area contributed by atoms with Crippen LogP contribution in [0.15, 0.2) is 12.7 Å². The van der Waals surface area contributed by atoms with E-state index in [2.05, 4.69) is 6.58 Å². The molecule has 0 radical (unpaired) electrons. The molecule has 0 spiro atoms. The van der Waals surface area contributed by atoms with Crippen molar-refractivity contribution in [3.63, 3.8) is 0 Å². The smallest absolute Gasteiger partial charge is 0.410 e. The van der Waals surface area contributed by atoms with E-state index in [1.165, 1.54) is 6.08 Å². The van der Waals surface area contributed by atoms with E-state index in [0.29, 0.717) is 19.5 Å².